The number of carbonyl (C=O) groups is 1. The molecule has 1 heterocycles. The molecule has 152 valence electrons. The van der Waals surface area contributed by atoms with Gasteiger partial charge in [0.25, 0.3) is 0 Å². The summed E-state index contributed by atoms with van der Waals surface area (Å²) < 4.78 is 5.24. The standard InChI is InChI=1S/C21H20Cl3N3O2/c1-2-29-21(28)27-12-11-26(18-8-7-16(23)13-17(18)24)20(19(27)9-10-25)14-3-5-15(22)6-4-14/h3-8,13,19-20H,2,9,11-12H2,1H3. The number of amides is 1. The first kappa shape index (κ1) is 21.6. The fraction of sp³-hybridized carbons (Fsp3) is 0.333. The van der Waals surface area contributed by atoms with Crippen LogP contribution < -0.4 is 4.90 Å². The molecule has 0 bridgehead atoms. The minimum atomic E-state index is -0.423. The van der Waals surface area contributed by atoms with Crippen molar-refractivity contribution in [3.63, 3.8) is 0 Å². The number of nitriles is 1. The predicted octanol–water partition coefficient (Wildman–Crippen LogP) is 5.95. The molecular formula is C21H20Cl3N3O2. The fourth-order valence-electron chi connectivity index (χ4n) is 3.69. The Labute approximate surface area is 185 Å². The molecule has 3 rings (SSSR count). The molecule has 0 radical (unpaired) electrons. The van der Waals surface area contributed by atoms with Gasteiger partial charge in [0.2, 0.25) is 0 Å². The number of nitrogens with zero attached hydrogens (tertiary/aromatic N) is 3. The van der Waals surface area contributed by atoms with Gasteiger partial charge in [-0.15, -0.1) is 0 Å². The molecule has 2 aromatic rings. The van der Waals surface area contributed by atoms with Crippen LogP contribution in [0.1, 0.15) is 24.9 Å². The first-order valence-electron chi connectivity index (χ1n) is 9.23. The van der Waals surface area contributed by atoms with Crippen molar-refractivity contribution in [2.24, 2.45) is 0 Å². The van der Waals surface area contributed by atoms with Gasteiger partial charge in [-0.1, -0.05) is 46.9 Å². The molecule has 5 nitrogen and oxygen atoms in total. The highest BCUT2D eigenvalue weighted by atomic mass is 35.5. The van der Waals surface area contributed by atoms with Gasteiger partial charge >= 0.3 is 6.09 Å². The number of carbonyl (C=O) groups excluding carboxylic acids is 1. The maximum atomic E-state index is 12.6. The second-order valence-corrected chi connectivity index (χ2v) is 7.89. The molecular weight excluding hydrogens is 433 g/mol. The predicted molar refractivity (Wildman–Crippen MR) is 116 cm³/mol. The van der Waals surface area contributed by atoms with Crippen molar-refractivity contribution in [1.29, 1.82) is 5.26 Å². The van der Waals surface area contributed by atoms with Gasteiger partial charge in [-0.25, -0.2) is 4.79 Å². The zero-order chi connectivity index (χ0) is 21.0. The molecule has 0 aromatic heterocycles. The summed E-state index contributed by atoms with van der Waals surface area (Å²) in [4.78, 5) is 16.3. The number of hydrogen-bond donors (Lipinski definition) is 0. The number of ether oxygens (including phenoxy) is 1. The molecule has 2 aromatic carbocycles. The highest BCUT2D eigenvalue weighted by Gasteiger charge is 2.41. The van der Waals surface area contributed by atoms with Gasteiger partial charge in [0.1, 0.15) is 0 Å². The molecule has 0 N–H and O–H groups in total. The third-order valence-corrected chi connectivity index (χ3v) is 5.71. The molecule has 29 heavy (non-hydrogen) atoms. The highest BCUT2D eigenvalue weighted by Crippen LogP contribution is 2.40. The lowest BCUT2D eigenvalue weighted by Crippen LogP contribution is -2.57. The van der Waals surface area contributed by atoms with E-state index in [4.69, 9.17) is 39.5 Å². The van der Waals surface area contributed by atoms with Crippen molar-refractivity contribution in [3.8, 4) is 6.07 Å². The first-order valence-corrected chi connectivity index (χ1v) is 10.4. The van der Waals surface area contributed by atoms with Crippen LogP contribution in [-0.4, -0.2) is 36.7 Å². The normalized spacial score (nSPS) is 19.0. The molecule has 1 fully saturated rings. The van der Waals surface area contributed by atoms with E-state index in [1.54, 1.807) is 36.1 Å². The SMILES string of the molecule is CCOC(=O)N1CCN(c2ccc(Cl)cc2Cl)C(c2ccc(Cl)cc2)C1CC#N. The lowest BCUT2D eigenvalue weighted by molar-refractivity contribution is 0.0753. The maximum Gasteiger partial charge on any atom is 0.410 e. The number of rotatable bonds is 4. The summed E-state index contributed by atoms with van der Waals surface area (Å²) in [6.07, 6.45) is -0.276. The minimum absolute atomic E-state index is 0.147. The number of halogens is 3. The molecule has 2 atom stereocenters. The van der Waals surface area contributed by atoms with Crippen molar-refractivity contribution < 1.29 is 9.53 Å². The number of anilines is 1. The Kier molecular flexibility index (Phi) is 7.13. The van der Waals surface area contributed by atoms with E-state index in [0.717, 1.165) is 11.3 Å². The van der Waals surface area contributed by atoms with Crippen molar-refractivity contribution in [3.05, 3.63) is 63.1 Å². The summed E-state index contributed by atoms with van der Waals surface area (Å²) in [5.74, 6) is 0. The maximum absolute atomic E-state index is 12.6. The van der Waals surface area contributed by atoms with E-state index in [1.165, 1.54) is 0 Å². The van der Waals surface area contributed by atoms with Crippen LogP contribution in [0.5, 0.6) is 0 Å². The van der Waals surface area contributed by atoms with Gasteiger partial charge in [0, 0.05) is 23.1 Å². The Hall–Kier alpha value is -2.13. The first-order chi connectivity index (χ1) is 14.0. The van der Waals surface area contributed by atoms with Crippen molar-refractivity contribution in [2.45, 2.75) is 25.4 Å². The third-order valence-electron chi connectivity index (χ3n) is 4.92. The topological polar surface area (TPSA) is 56.6 Å². The Morgan fingerprint density at radius 3 is 2.45 bits per heavy atom. The quantitative estimate of drug-likeness (QED) is 0.575. The van der Waals surface area contributed by atoms with Gasteiger partial charge in [0.15, 0.2) is 0 Å². The van der Waals surface area contributed by atoms with Gasteiger partial charge in [-0.3, -0.25) is 4.90 Å². The van der Waals surface area contributed by atoms with E-state index < -0.39 is 12.1 Å². The molecule has 0 aliphatic carbocycles. The van der Waals surface area contributed by atoms with Crippen LogP contribution in [0.15, 0.2) is 42.5 Å². The average molecular weight is 453 g/mol. The smallest absolute Gasteiger partial charge is 0.410 e. The monoisotopic (exact) mass is 451 g/mol. The molecule has 1 aliphatic rings. The van der Waals surface area contributed by atoms with Gasteiger partial charge in [-0.2, -0.15) is 5.26 Å². The Morgan fingerprint density at radius 1 is 1.14 bits per heavy atom. The summed E-state index contributed by atoms with van der Waals surface area (Å²) in [7, 11) is 0. The van der Waals surface area contributed by atoms with E-state index in [9.17, 15) is 10.1 Å². The molecule has 0 spiro atoms. The summed E-state index contributed by atoms with van der Waals surface area (Å²) in [5.41, 5.74) is 1.72. The van der Waals surface area contributed by atoms with Gasteiger partial charge in [-0.05, 0) is 42.8 Å². The van der Waals surface area contributed by atoms with Gasteiger partial charge in [0.05, 0.1) is 41.9 Å². The van der Waals surface area contributed by atoms with Crippen LogP contribution in [-0.2, 0) is 4.74 Å². The van der Waals surface area contributed by atoms with Crippen LogP contribution in [0, 0.1) is 11.3 Å². The molecule has 1 amide bonds. The Morgan fingerprint density at radius 2 is 1.83 bits per heavy atom. The molecule has 0 saturated carbocycles. The molecule has 1 aliphatic heterocycles. The molecule has 8 heteroatoms. The molecule has 1 saturated heterocycles. The summed E-state index contributed by atoms with van der Waals surface area (Å²) in [6.45, 7) is 2.97. The average Bonchev–Trinajstić information content (AvgIpc) is 2.69. The number of hydrogen-bond acceptors (Lipinski definition) is 4. The van der Waals surface area contributed by atoms with E-state index in [1.807, 2.05) is 18.2 Å². The number of piperazine rings is 1. The van der Waals surface area contributed by atoms with Crippen LogP contribution in [0.3, 0.4) is 0 Å². The minimum Gasteiger partial charge on any atom is -0.450 e. The van der Waals surface area contributed by atoms with E-state index in [0.29, 0.717) is 28.2 Å². The summed E-state index contributed by atoms with van der Waals surface area (Å²) in [5, 5.41) is 11.2. The zero-order valence-electron chi connectivity index (χ0n) is 15.8. The van der Waals surface area contributed by atoms with Crippen LogP contribution in [0.4, 0.5) is 10.5 Å². The summed E-state index contributed by atoms with van der Waals surface area (Å²) >= 11 is 18.6. The lowest BCUT2D eigenvalue weighted by Gasteiger charge is -2.48. The largest absolute Gasteiger partial charge is 0.450 e. The summed E-state index contributed by atoms with van der Waals surface area (Å²) in [6, 6.07) is 14.2. The van der Waals surface area contributed by atoms with E-state index >= 15 is 0 Å². The highest BCUT2D eigenvalue weighted by molar-refractivity contribution is 6.36. The number of benzene rings is 2. The van der Waals surface area contributed by atoms with Crippen LogP contribution in [0.2, 0.25) is 15.1 Å². The van der Waals surface area contributed by atoms with Crippen molar-refractivity contribution >= 4 is 46.6 Å². The van der Waals surface area contributed by atoms with Crippen LogP contribution >= 0.6 is 34.8 Å². The van der Waals surface area contributed by atoms with Crippen molar-refractivity contribution in [2.75, 3.05) is 24.6 Å². The second-order valence-electron chi connectivity index (χ2n) is 6.61. The molecule has 2 unspecified atom stereocenters. The van der Waals surface area contributed by atoms with E-state index in [-0.39, 0.29) is 19.1 Å². The third kappa shape index (κ3) is 4.72. The zero-order valence-corrected chi connectivity index (χ0v) is 18.1. The fourth-order valence-corrected chi connectivity index (χ4v) is 4.34. The Balaban J connectivity index is 2.09. The van der Waals surface area contributed by atoms with Crippen LogP contribution in [0.25, 0.3) is 0 Å². The second kappa shape index (κ2) is 9.58. The van der Waals surface area contributed by atoms with Gasteiger partial charge < -0.3 is 9.64 Å². The Bertz CT molecular complexity index is 914. The van der Waals surface area contributed by atoms with E-state index in [2.05, 4.69) is 11.0 Å². The van der Waals surface area contributed by atoms with Crippen molar-refractivity contribution in [1.82, 2.24) is 4.90 Å². The lowest BCUT2D eigenvalue weighted by atomic mass is 9.91.